The first-order chi connectivity index (χ1) is 16.6. The second-order valence-corrected chi connectivity index (χ2v) is 9.15. The predicted molar refractivity (Wildman–Crippen MR) is 140 cm³/mol. The summed E-state index contributed by atoms with van der Waals surface area (Å²) in [6.07, 6.45) is 14.2. The van der Waals surface area contributed by atoms with E-state index in [0.29, 0.717) is 11.8 Å². The quantitative estimate of drug-likeness (QED) is 0.497. The van der Waals surface area contributed by atoms with Gasteiger partial charge in [-0.1, -0.05) is 51.7 Å². The molecule has 182 valence electrons. The van der Waals surface area contributed by atoms with Gasteiger partial charge in [-0.05, 0) is 43.2 Å². The third-order valence-corrected chi connectivity index (χ3v) is 6.42. The second kappa shape index (κ2) is 11.4. The maximum Gasteiger partial charge on any atom is 0.233 e. The summed E-state index contributed by atoms with van der Waals surface area (Å²) in [5.74, 6) is 0.907. The van der Waals surface area contributed by atoms with Gasteiger partial charge in [0.1, 0.15) is 6.10 Å². The van der Waals surface area contributed by atoms with Gasteiger partial charge in [-0.15, -0.1) is 0 Å². The van der Waals surface area contributed by atoms with Crippen molar-refractivity contribution in [3.05, 3.63) is 53.5 Å². The standard InChI is InChI=1S/C21H22N6O.C6H14.H2/c1-27-8-6-14(7-9-27)28-20-12-23-18-4-2-13(10-19(18)25-20)15-3-5-17-16(15)11-24-21(22)26-17;1-3-5-6-4-2;/h2-4,10-12,14H,5-9H2,1H3,(H2,22,24,26);3-6H2,1-2H3;1H. The molecule has 1 fully saturated rings. The van der Waals surface area contributed by atoms with Gasteiger partial charge in [-0.2, -0.15) is 0 Å². The molecule has 1 aliphatic heterocycles. The van der Waals surface area contributed by atoms with Crippen molar-refractivity contribution in [1.29, 1.82) is 0 Å². The van der Waals surface area contributed by atoms with E-state index in [1.165, 1.54) is 25.7 Å². The molecule has 2 N–H and O–H groups in total. The molecule has 5 rings (SSSR count). The fourth-order valence-electron chi connectivity index (χ4n) is 4.39. The summed E-state index contributed by atoms with van der Waals surface area (Å²) >= 11 is 0. The summed E-state index contributed by atoms with van der Waals surface area (Å²) < 4.78 is 6.10. The zero-order chi connectivity index (χ0) is 23.9. The molecule has 1 aliphatic carbocycles. The van der Waals surface area contributed by atoms with E-state index >= 15 is 0 Å². The van der Waals surface area contributed by atoms with Crippen LogP contribution >= 0.6 is 0 Å². The van der Waals surface area contributed by atoms with Crippen molar-refractivity contribution in [2.75, 3.05) is 25.9 Å². The molecule has 1 aromatic carbocycles. The van der Waals surface area contributed by atoms with Crippen LogP contribution in [0.1, 0.15) is 70.6 Å². The van der Waals surface area contributed by atoms with E-state index < -0.39 is 0 Å². The minimum Gasteiger partial charge on any atom is -0.473 e. The number of likely N-dealkylation sites (tertiary alicyclic amines) is 1. The lowest BCUT2D eigenvalue weighted by molar-refractivity contribution is 0.110. The summed E-state index contributed by atoms with van der Waals surface area (Å²) in [6.45, 7) is 6.57. The number of aromatic nitrogens is 4. The molecule has 1 saturated heterocycles. The van der Waals surface area contributed by atoms with Crippen LogP contribution in [0.4, 0.5) is 5.95 Å². The number of rotatable bonds is 6. The lowest BCUT2D eigenvalue weighted by Gasteiger charge is -2.28. The highest BCUT2D eigenvalue weighted by atomic mass is 16.5. The van der Waals surface area contributed by atoms with Gasteiger partial charge in [0, 0.05) is 32.7 Å². The monoisotopic (exact) mass is 462 g/mol. The highest BCUT2D eigenvalue weighted by molar-refractivity contribution is 5.88. The number of hydrogen-bond donors (Lipinski definition) is 1. The Morgan fingerprint density at radius 1 is 1.03 bits per heavy atom. The summed E-state index contributed by atoms with van der Waals surface area (Å²) in [7, 11) is 2.14. The molecule has 3 aromatic rings. The molecule has 0 unspecified atom stereocenters. The highest BCUT2D eigenvalue weighted by Gasteiger charge is 2.20. The van der Waals surface area contributed by atoms with Gasteiger partial charge in [0.05, 0.1) is 22.9 Å². The van der Waals surface area contributed by atoms with Crippen LogP contribution < -0.4 is 10.5 Å². The molecule has 0 spiro atoms. The van der Waals surface area contributed by atoms with Crippen LogP contribution in [0.3, 0.4) is 0 Å². The molecular weight excluding hydrogens is 424 g/mol. The molecule has 2 aliphatic rings. The number of unbranched alkanes of at least 4 members (excludes halogenated alkanes) is 3. The topological polar surface area (TPSA) is 90.0 Å². The number of benzene rings is 1. The SMILES string of the molecule is CCCCCC.CN1CCC(Oc2cnc3ccc(C4=CCc5nc(N)ncc54)cc3n2)CC1.[HH]. The van der Waals surface area contributed by atoms with E-state index in [4.69, 9.17) is 15.5 Å². The Kier molecular flexibility index (Phi) is 8.06. The smallest absolute Gasteiger partial charge is 0.233 e. The van der Waals surface area contributed by atoms with Gasteiger partial charge < -0.3 is 15.4 Å². The van der Waals surface area contributed by atoms with Crippen LogP contribution in [-0.4, -0.2) is 51.1 Å². The zero-order valence-corrected chi connectivity index (χ0v) is 20.6. The third-order valence-electron chi connectivity index (χ3n) is 6.42. The fraction of sp³-hybridized carbons (Fsp3) is 0.481. The molecule has 3 heterocycles. The normalized spacial score (nSPS) is 16.0. The molecule has 0 radical (unpaired) electrons. The van der Waals surface area contributed by atoms with Gasteiger partial charge in [0.25, 0.3) is 0 Å². The van der Waals surface area contributed by atoms with E-state index in [0.717, 1.165) is 65.8 Å². The van der Waals surface area contributed by atoms with Gasteiger partial charge in [-0.25, -0.2) is 19.9 Å². The molecule has 7 heteroatoms. The van der Waals surface area contributed by atoms with E-state index in [1.54, 1.807) is 12.4 Å². The molecule has 0 amide bonds. The lowest BCUT2D eigenvalue weighted by Crippen LogP contribution is -2.35. The number of fused-ring (bicyclic) bond motifs is 2. The number of nitrogens with two attached hydrogens (primary N) is 1. The molecule has 0 atom stereocenters. The first kappa shape index (κ1) is 24.1. The molecule has 0 saturated carbocycles. The molecular formula is C27H38N6O. The van der Waals surface area contributed by atoms with Crippen LogP contribution in [0.15, 0.2) is 36.7 Å². The first-order valence-electron chi connectivity index (χ1n) is 12.5. The van der Waals surface area contributed by atoms with Gasteiger partial charge >= 0.3 is 0 Å². The number of hydrogen-bond acceptors (Lipinski definition) is 7. The van der Waals surface area contributed by atoms with Crippen molar-refractivity contribution in [2.24, 2.45) is 0 Å². The van der Waals surface area contributed by atoms with E-state index in [9.17, 15) is 0 Å². The van der Waals surface area contributed by atoms with Crippen LogP contribution in [0.25, 0.3) is 16.6 Å². The summed E-state index contributed by atoms with van der Waals surface area (Å²) in [4.78, 5) is 20.0. The Morgan fingerprint density at radius 2 is 1.79 bits per heavy atom. The minimum atomic E-state index is 0. The minimum absolute atomic E-state index is 0. The molecule has 7 nitrogen and oxygen atoms in total. The maximum atomic E-state index is 6.10. The average Bonchev–Trinajstić information content (AvgIpc) is 3.27. The number of nitrogen functional groups attached to an aromatic ring is 1. The van der Waals surface area contributed by atoms with E-state index in [2.05, 4.69) is 59.0 Å². The van der Waals surface area contributed by atoms with Gasteiger partial charge in [0.2, 0.25) is 11.8 Å². The third kappa shape index (κ3) is 5.89. The molecule has 0 bridgehead atoms. The van der Waals surface area contributed by atoms with Crippen molar-refractivity contribution in [2.45, 2.75) is 64.9 Å². The molecule has 34 heavy (non-hydrogen) atoms. The van der Waals surface area contributed by atoms with E-state index in [1.807, 2.05) is 6.07 Å². The summed E-state index contributed by atoms with van der Waals surface area (Å²) in [6, 6.07) is 6.11. The Hall–Kier alpha value is -3.06. The fourth-order valence-corrected chi connectivity index (χ4v) is 4.39. The van der Waals surface area contributed by atoms with Crippen LogP contribution in [-0.2, 0) is 6.42 Å². The first-order valence-corrected chi connectivity index (χ1v) is 12.5. The van der Waals surface area contributed by atoms with Crippen molar-refractivity contribution in [3.63, 3.8) is 0 Å². The number of anilines is 1. The van der Waals surface area contributed by atoms with Crippen molar-refractivity contribution in [3.8, 4) is 5.88 Å². The Balaban J connectivity index is 0.000000439. The van der Waals surface area contributed by atoms with Crippen molar-refractivity contribution in [1.82, 2.24) is 24.8 Å². The highest BCUT2D eigenvalue weighted by Crippen LogP contribution is 2.32. The van der Waals surface area contributed by atoms with Crippen molar-refractivity contribution >= 4 is 22.6 Å². The predicted octanol–water partition coefficient (Wildman–Crippen LogP) is 5.30. The summed E-state index contributed by atoms with van der Waals surface area (Å²) in [5, 5.41) is 0. The van der Waals surface area contributed by atoms with Gasteiger partial charge in [0.15, 0.2) is 0 Å². The Bertz CT molecular complexity index is 1140. The number of ether oxygens (including phenoxy) is 1. The maximum absolute atomic E-state index is 6.10. The van der Waals surface area contributed by atoms with Crippen LogP contribution in [0.2, 0.25) is 0 Å². The second-order valence-electron chi connectivity index (χ2n) is 9.15. The van der Waals surface area contributed by atoms with Crippen LogP contribution in [0, 0.1) is 0 Å². The van der Waals surface area contributed by atoms with E-state index in [-0.39, 0.29) is 7.53 Å². The Morgan fingerprint density at radius 3 is 2.53 bits per heavy atom. The number of piperidine rings is 1. The van der Waals surface area contributed by atoms with Gasteiger partial charge in [-0.3, -0.25) is 0 Å². The lowest BCUT2D eigenvalue weighted by atomic mass is 10.0. The average molecular weight is 463 g/mol. The number of allylic oxidation sites excluding steroid dienone is 1. The largest absolute Gasteiger partial charge is 0.473 e. The van der Waals surface area contributed by atoms with Crippen LogP contribution in [0.5, 0.6) is 5.88 Å². The molecule has 2 aromatic heterocycles. The number of nitrogens with zero attached hydrogens (tertiary/aromatic N) is 5. The summed E-state index contributed by atoms with van der Waals surface area (Å²) in [5.41, 5.74) is 11.6. The Labute approximate surface area is 204 Å². The van der Waals surface area contributed by atoms with Crippen molar-refractivity contribution < 1.29 is 6.16 Å². The zero-order valence-electron chi connectivity index (χ0n) is 20.6.